The molecule has 1 saturated heterocycles. The van der Waals surface area contributed by atoms with Crippen LogP contribution < -0.4 is 10.6 Å². The summed E-state index contributed by atoms with van der Waals surface area (Å²) < 4.78 is 18.6. The second kappa shape index (κ2) is 5.65. The van der Waals surface area contributed by atoms with Crippen molar-refractivity contribution in [1.29, 1.82) is 0 Å². The summed E-state index contributed by atoms with van der Waals surface area (Å²) in [5.41, 5.74) is 7.53. The minimum Gasteiger partial charge on any atom is -0.394 e. The van der Waals surface area contributed by atoms with Crippen molar-refractivity contribution in [3.8, 4) is 0 Å². The Labute approximate surface area is 106 Å². The molecule has 5 heteroatoms. The minimum absolute atomic E-state index is 0.00969. The van der Waals surface area contributed by atoms with Crippen LogP contribution in [-0.4, -0.2) is 37.5 Å². The van der Waals surface area contributed by atoms with Gasteiger partial charge in [0, 0.05) is 18.3 Å². The third-order valence-electron chi connectivity index (χ3n) is 3.23. The van der Waals surface area contributed by atoms with Crippen molar-refractivity contribution in [3.63, 3.8) is 0 Å². The Bertz CT molecular complexity index is 412. The molecule has 18 heavy (non-hydrogen) atoms. The Morgan fingerprint density at radius 1 is 1.61 bits per heavy atom. The summed E-state index contributed by atoms with van der Waals surface area (Å²) in [6.07, 6.45) is 0. The van der Waals surface area contributed by atoms with Crippen LogP contribution in [-0.2, 0) is 4.74 Å². The number of benzene rings is 1. The highest BCUT2D eigenvalue weighted by molar-refractivity contribution is 5.56. The van der Waals surface area contributed by atoms with Gasteiger partial charge in [-0.15, -0.1) is 0 Å². The van der Waals surface area contributed by atoms with Gasteiger partial charge in [-0.2, -0.15) is 0 Å². The number of ether oxygens (including phenoxy) is 1. The number of halogens is 1. The van der Waals surface area contributed by atoms with Crippen LogP contribution in [0.2, 0.25) is 0 Å². The molecular weight excluding hydrogens is 235 g/mol. The van der Waals surface area contributed by atoms with E-state index in [1.54, 1.807) is 6.07 Å². The summed E-state index contributed by atoms with van der Waals surface area (Å²) in [6, 6.07) is 4.26. The van der Waals surface area contributed by atoms with Crippen molar-refractivity contribution in [2.75, 3.05) is 31.3 Å². The Morgan fingerprint density at radius 3 is 3.06 bits per heavy atom. The Balaban J connectivity index is 2.36. The number of anilines is 1. The number of rotatable bonds is 3. The lowest BCUT2D eigenvalue weighted by molar-refractivity contribution is 0.0726. The van der Waals surface area contributed by atoms with Gasteiger partial charge in [0.25, 0.3) is 0 Å². The van der Waals surface area contributed by atoms with Gasteiger partial charge in [0.05, 0.1) is 25.9 Å². The first-order chi connectivity index (χ1) is 8.63. The molecule has 0 aliphatic carbocycles. The normalized spacial score (nSPS) is 22.0. The van der Waals surface area contributed by atoms with Crippen LogP contribution in [0.15, 0.2) is 18.2 Å². The van der Waals surface area contributed by atoms with Crippen LogP contribution in [0, 0.1) is 5.82 Å². The van der Waals surface area contributed by atoms with Crippen molar-refractivity contribution in [1.82, 2.24) is 0 Å². The zero-order chi connectivity index (χ0) is 13.1. The number of nitrogens with two attached hydrogens (primary N) is 1. The van der Waals surface area contributed by atoms with Gasteiger partial charge in [0.1, 0.15) is 5.82 Å². The number of hydrogen-bond donors (Lipinski definition) is 2. The van der Waals surface area contributed by atoms with E-state index in [-0.39, 0.29) is 24.5 Å². The number of aliphatic hydroxyl groups is 1. The van der Waals surface area contributed by atoms with E-state index in [0.717, 1.165) is 11.3 Å². The zero-order valence-electron chi connectivity index (χ0n) is 10.5. The van der Waals surface area contributed by atoms with Crippen molar-refractivity contribution < 1.29 is 14.2 Å². The first-order valence-corrected chi connectivity index (χ1v) is 6.13. The van der Waals surface area contributed by atoms with Gasteiger partial charge in [-0.25, -0.2) is 4.39 Å². The standard InChI is InChI=1S/C13H19FN2O2/c1-9(15)12-6-10(14)2-3-13(12)16-4-5-18-8-11(16)7-17/h2-3,6,9,11,17H,4-5,7-8,15H2,1H3/t9-,11?/m0/s1. The third kappa shape index (κ3) is 2.63. The average Bonchev–Trinajstić information content (AvgIpc) is 2.38. The van der Waals surface area contributed by atoms with Gasteiger partial charge in [-0.05, 0) is 30.7 Å². The average molecular weight is 254 g/mol. The second-order valence-corrected chi connectivity index (χ2v) is 4.60. The first kappa shape index (κ1) is 13.3. The first-order valence-electron chi connectivity index (χ1n) is 6.13. The molecule has 0 aromatic heterocycles. The number of hydrogen-bond acceptors (Lipinski definition) is 4. The van der Waals surface area contributed by atoms with Gasteiger partial charge in [0.2, 0.25) is 0 Å². The van der Waals surface area contributed by atoms with Gasteiger partial charge < -0.3 is 20.5 Å². The van der Waals surface area contributed by atoms with E-state index < -0.39 is 0 Å². The summed E-state index contributed by atoms with van der Waals surface area (Å²) in [5, 5.41) is 9.38. The lowest BCUT2D eigenvalue weighted by atomic mass is 10.0. The fraction of sp³-hybridized carbons (Fsp3) is 0.538. The van der Waals surface area contributed by atoms with Gasteiger partial charge in [0.15, 0.2) is 0 Å². The Kier molecular flexibility index (Phi) is 4.16. The van der Waals surface area contributed by atoms with Crippen LogP contribution in [0.25, 0.3) is 0 Å². The highest BCUT2D eigenvalue weighted by Crippen LogP contribution is 2.28. The topological polar surface area (TPSA) is 58.7 Å². The molecule has 2 atom stereocenters. The third-order valence-corrected chi connectivity index (χ3v) is 3.23. The molecule has 0 bridgehead atoms. The number of morpholine rings is 1. The maximum atomic E-state index is 13.3. The van der Waals surface area contributed by atoms with E-state index in [1.165, 1.54) is 12.1 Å². The van der Waals surface area contributed by atoms with Crippen LogP contribution in [0.1, 0.15) is 18.5 Å². The van der Waals surface area contributed by atoms with Crippen molar-refractivity contribution in [2.45, 2.75) is 19.0 Å². The zero-order valence-corrected chi connectivity index (χ0v) is 10.5. The molecule has 0 amide bonds. The summed E-state index contributed by atoms with van der Waals surface area (Å²) >= 11 is 0. The highest BCUT2D eigenvalue weighted by atomic mass is 19.1. The van der Waals surface area contributed by atoms with Crippen molar-refractivity contribution >= 4 is 5.69 Å². The quantitative estimate of drug-likeness (QED) is 0.846. The SMILES string of the molecule is C[C@H](N)c1cc(F)ccc1N1CCOCC1CO. The Hall–Kier alpha value is -1.17. The van der Waals surface area contributed by atoms with Gasteiger partial charge in [-0.1, -0.05) is 0 Å². The molecule has 1 aliphatic rings. The maximum absolute atomic E-state index is 13.3. The largest absolute Gasteiger partial charge is 0.394 e. The van der Waals surface area contributed by atoms with E-state index >= 15 is 0 Å². The van der Waals surface area contributed by atoms with E-state index in [0.29, 0.717) is 19.8 Å². The summed E-state index contributed by atoms with van der Waals surface area (Å²) in [6.45, 7) is 3.59. The van der Waals surface area contributed by atoms with Gasteiger partial charge in [-0.3, -0.25) is 0 Å². The molecule has 0 radical (unpaired) electrons. The van der Waals surface area contributed by atoms with Crippen LogP contribution in [0.3, 0.4) is 0 Å². The molecule has 1 unspecified atom stereocenters. The molecule has 1 aliphatic heterocycles. The fourth-order valence-electron chi connectivity index (χ4n) is 2.27. The number of nitrogens with zero attached hydrogens (tertiary/aromatic N) is 1. The lowest BCUT2D eigenvalue weighted by Gasteiger charge is -2.38. The van der Waals surface area contributed by atoms with E-state index in [1.807, 2.05) is 11.8 Å². The predicted molar refractivity (Wildman–Crippen MR) is 68.0 cm³/mol. The van der Waals surface area contributed by atoms with Crippen molar-refractivity contribution in [3.05, 3.63) is 29.6 Å². The monoisotopic (exact) mass is 254 g/mol. The Morgan fingerprint density at radius 2 is 2.39 bits per heavy atom. The number of aliphatic hydroxyl groups excluding tert-OH is 1. The summed E-state index contributed by atoms with van der Waals surface area (Å²) in [5.74, 6) is -0.292. The molecule has 0 saturated carbocycles. The maximum Gasteiger partial charge on any atom is 0.123 e. The van der Waals surface area contributed by atoms with Crippen LogP contribution in [0.5, 0.6) is 0 Å². The summed E-state index contributed by atoms with van der Waals surface area (Å²) in [4.78, 5) is 2.04. The molecule has 1 heterocycles. The summed E-state index contributed by atoms with van der Waals surface area (Å²) in [7, 11) is 0. The molecule has 1 fully saturated rings. The van der Waals surface area contributed by atoms with E-state index in [2.05, 4.69) is 0 Å². The minimum atomic E-state index is -0.292. The molecular formula is C13H19FN2O2. The fourth-order valence-corrected chi connectivity index (χ4v) is 2.27. The van der Waals surface area contributed by atoms with Crippen molar-refractivity contribution in [2.24, 2.45) is 5.73 Å². The van der Waals surface area contributed by atoms with Crippen LogP contribution in [0.4, 0.5) is 10.1 Å². The lowest BCUT2D eigenvalue weighted by Crippen LogP contribution is -2.48. The molecule has 1 aromatic carbocycles. The second-order valence-electron chi connectivity index (χ2n) is 4.60. The van der Waals surface area contributed by atoms with Crippen LogP contribution >= 0.6 is 0 Å². The molecule has 2 rings (SSSR count). The highest BCUT2D eigenvalue weighted by Gasteiger charge is 2.25. The van der Waals surface area contributed by atoms with E-state index in [9.17, 15) is 9.50 Å². The molecule has 1 aromatic rings. The smallest absolute Gasteiger partial charge is 0.123 e. The molecule has 0 spiro atoms. The molecule has 100 valence electrons. The van der Waals surface area contributed by atoms with E-state index in [4.69, 9.17) is 10.5 Å². The predicted octanol–water partition coefficient (Wildman–Crippen LogP) is 1.04. The molecule has 3 N–H and O–H groups in total. The molecule has 4 nitrogen and oxygen atoms in total. The van der Waals surface area contributed by atoms with Gasteiger partial charge >= 0.3 is 0 Å².